The van der Waals surface area contributed by atoms with Crippen LogP contribution in [0.1, 0.15) is 16.2 Å². The highest BCUT2D eigenvalue weighted by molar-refractivity contribution is 5.95. The number of methoxy groups -OCH3 is 1. The molecule has 9 nitrogen and oxygen atoms in total. The van der Waals surface area contributed by atoms with Crippen molar-refractivity contribution in [2.24, 2.45) is 7.05 Å². The van der Waals surface area contributed by atoms with E-state index in [1.807, 2.05) is 36.4 Å². The van der Waals surface area contributed by atoms with Crippen LogP contribution >= 0.6 is 0 Å². The fraction of sp³-hybridized carbons (Fsp3) is 0.154. The number of nitrogens with zero attached hydrogens (tertiary/aromatic N) is 3. The van der Waals surface area contributed by atoms with Gasteiger partial charge in [0.05, 0.1) is 31.1 Å². The number of fused-ring (bicyclic) bond motifs is 1. The Balaban J connectivity index is 1.50. The Morgan fingerprint density at radius 2 is 1.63 bits per heavy atom. The van der Waals surface area contributed by atoms with Gasteiger partial charge in [0, 0.05) is 18.3 Å². The standard InChI is InChI=1S/C26H25N5O4/c1-30-23(27-22-11-7-6-10-21(22)26(30)34)16-31(19-8-4-3-5-9-19)17-24(32)28-29-25(33)18-12-14-20(35-2)15-13-18/h3-15H,16-17H2,1-2H3,(H,28,32)(H,29,33). The van der Waals surface area contributed by atoms with E-state index in [1.54, 1.807) is 61.5 Å². The van der Waals surface area contributed by atoms with Gasteiger partial charge in [0.15, 0.2) is 0 Å². The second-order valence-corrected chi connectivity index (χ2v) is 7.83. The average Bonchev–Trinajstić information content (AvgIpc) is 2.90. The van der Waals surface area contributed by atoms with Crippen molar-refractivity contribution in [1.29, 1.82) is 0 Å². The van der Waals surface area contributed by atoms with Gasteiger partial charge in [0.1, 0.15) is 11.6 Å². The highest BCUT2D eigenvalue weighted by Gasteiger charge is 2.17. The average molecular weight is 472 g/mol. The summed E-state index contributed by atoms with van der Waals surface area (Å²) in [5.41, 5.74) is 6.46. The summed E-state index contributed by atoms with van der Waals surface area (Å²) in [5, 5.41) is 0.531. The van der Waals surface area contributed by atoms with Gasteiger partial charge in [-0.25, -0.2) is 4.98 Å². The second kappa shape index (κ2) is 10.5. The van der Waals surface area contributed by atoms with Crippen LogP contribution in [0.2, 0.25) is 0 Å². The highest BCUT2D eigenvalue weighted by Crippen LogP contribution is 2.17. The minimum Gasteiger partial charge on any atom is -0.497 e. The second-order valence-electron chi connectivity index (χ2n) is 7.83. The van der Waals surface area contributed by atoms with Gasteiger partial charge in [0.25, 0.3) is 17.4 Å². The third-order valence-electron chi connectivity index (χ3n) is 5.53. The maximum Gasteiger partial charge on any atom is 0.269 e. The number of para-hydroxylation sites is 2. The largest absolute Gasteiger partial charge is 0.497 e. The van der Waals surface area contributed by atoms with Crippen molar-refractivity contribution in [3.8, 4) is 5.75 Å². The summed E-state index contributed by atoms with van der Waals surface area (Å²) >= 11 is 0. The van der Waals surface area contributed by atoms with Gasteiger partial charge >= 0.3 is 0 Å². The lowest BCUT2D eigenvalue weighted by atomic mass is 10.2. The molecule has 1 heterocycles. The Labute approximate surface area is 201 Å². The SMILES string of the molecule is COc1ccc(C(=O)NNC(=O)CN(Cc2nc3ccccc3c(=O)n2C)c2ccccc2)cc1. The third kappa shape index (κ3) is 5.47. The molecular formula is C26H25N5O4. The van der Waals surface area contributed by atoms with E-state index in [2.05, 4.69) is 15.8 Å². The lowest BCUT2D eigenvalue weighted by molar-refractivity contribution is -0.120. The van der Waals surface area contributed by atoms with Crippen LogP contribution in [-0.4, -0.2) is 35.0 Å². The first-order valence-corrected chi connectivity index (χ1v) is 10.9. The summed E-state index contributed by atoms with van der Waals surface area (Å²) in [4.78, 5) is 44.4. The minimum atomic E-state index is -0.453. The number of nitrogens with one attached hydrogen (secondary N) is 2. The Bertz CT molecular complexity index is 1400. The molecular weight excluding hydrogens is 446 g/mol. The normalized spacial score (nSPS) is 10.6. The molecule has 0 spiro atoms. The molecule has 0 radical (unpaired) electrons. The summed E-state index contributed by atoms with van der Waals surface area (Å²) in [6.45, 7) is 0.135. The van der Waals surface area contributed by atoms with Crippen molar-refractivity contribution in [1.82, 2.24) is 20.4 Å². The van der Waals surface area contributed by atoms with Crippen LogP contribution in [-0.2, 0) is 18.4 Å². The summed E-state index contributed by atoms with van der Waals surface area (Å²) in [5.74, 6) is 0.251. The smallest absolute Gasteiger partial charge is 0.269 e. The van der Waals surface area contributed by atoms with E-state index >= 15 is 0 Å². The molecule has 9 heteroatoms. The maximum absolute atomic E-state index is 12.8. The van der Waals surface area contributed by atoms with Crippen molar-refractivity contribution in [3.63, 3.8) is 0 Å². The molecule has 0 bridgehead atoms. The fourth-order valence-corrected chi connectivity index (χ4v) is 3.61. The Morgan fingerprint density at radius 3 is 2.34 bits per heavy atom. The van der Waals surface area contributed by atoms with E-state index < -0.39 is 11.8 Å². The zero-order chi connectivity index (χ0) is 24.8. The molecule has 0 unspecified atom stereocenters. The molecule has 0 fully saturated rings. The lowest BCUT2D eigenvalue weighted by Crippen LogP contribution is -2.46. The van der Waals surface area contributed by atoms with Crippen LogP contribution in [0.5, 0.6) is 5.75 Å². The number of anilines is 1. The maximum atomic E-state index is 12.8. The minimum absolute atomic E-state index is 0.0738. The fourth-order valence-electron chi connectivity index (χ4n) is 3.61. The molecule has 1 aromatic heterocycles. The van der Waals surface area contributed by atoms with Crippen LogP contribution in [0.25, 0.3) is 10.9 Å². The van der Waals surface area contributed by atoms with Gasteiger partial charge in [-0.1, -0.05) is 30.3 Å². The number of aromatic nitrogens is 2. The van der Waals surface area contributed by atoms with E-state index in [0.717, 1.165) is 5.69 Å². The van der Waals surface area contributed by atoms with Crippen LogP contribution in [0.15, 0.2) is 83.7 Å². The van der Waals surface area contributed by atoms with Gasteiger partial charge in [-0.15, -0.1) is 0 Å². The molecule has 0 saturated carbocycles. The number of hydrogen-bond donors (Lipinski definition) is 2. The van der Waals surface area contributed by atoms with Crippen molar-refractivity contribution in [2.45, 2.75) is 6.54 Å². The summed E-state index contributed by atoms with van der Waals surface area (Å²) < 4.78 is 6.58. The number of ether oxygens (including phenoxy) is 1. The quantitative estimate of drug-likeness (QED) is 0.401. The van der Waals surface area contributed by atoms with Gasteiger partial charge in [-0.2, -0.15) is 0 Å². The van der Waals surface area contributed by atoms with Gasteiger partial charge in [0.2, 0.25) is 0 Å². The molecule has 2 N–H and O–H groups in total. The van der Waals surface area contributed by atoms with Gasteiger partial charge < -0.3 is 9.64 Å². The Kier molecular flexibility index (Phi) is 7.06. The van der Waals surface area contributed by atoms with Crippen molar-refractivity contribution >= 4 is 28.4 Å². The number of carbonyl (C=O) groups excluding carboxylic acids is 2. The lowest BCUT2D eigenvalue weighted by Gasteiger charge is -2.25. The predicted molar refractivity (Wildman–Crippen MR) is 133 cm³/mol. The van der Waals surface area contributed by atoms with E-state index in [-0.39, 0.29) is 18.6 Å². The number of amides is 2. The Morgan fingerprint density at radius 1 is 0.943 bits per heavy atom. The van der Waals surface area contributed by atoms with Gasteiger partial charge in [-0.3, -0.25) is 29.8 Å². The summed E-state index contributed by atoms with van der Waals surface area (Å²) in [6.07, 6.45) is 0. The zero-order valence-corrected chi connectivity index (χ0v) is 19.4. The van der Waals surface area contributed by atoms with E-state index in [0.29, 0.717) is 28.0 Å². The van der Waals surface area contributed by atoms with Crippen LogP contribution in [0.4, 0.5) is 5.69 Å². The first-order valence-electron chi connectivity index (χ1n) is 10.9. The highest BCUT2D eigenvalue weighted by atomic mass is 16.5. The first-order chi connectivity index (χ1) is 17.0. The number of hydrogen-bond acceptors (Lipinski definition) is 6. The molecule has 4 aromatic rings. The van der Waals surface area contributed by atoms with Crippen LogP contribution < -0.4 is 26.0 Å². The molecule has 178 valence electrons. The monoisotopic (exact) mass is 471 g/mol. The third-order valence-corrected chi connectivity index (χ3v) is 5.53. The molecule has 3 aromatic carbocycles. The summed E-state index contributed by atoms with van der Waals surface area (Å²) in [6, 6.07) is 23.0. The Hall–Kier alpha value is -4.66. The van der Waals surface area contributed by atoms with Gasteiger partial charge in [-0.05, 0) is 48.5 Å². The molecule has 0 atom stereocenters. The number of hydrazine groups is 1. The first kappa shape index (κ1) is 23.5. The van der Waals surface area contributed by atoms with E-state index in [9.17, 15) is 14.4 Å². The van der Waals surface area contributed by atoms with Crippen molar-refractivity contribution < 1.29 is 14.3 Å². The van der Waals surface area contributed by atoms with Crippen molar-refractivity contribution in [2.75, 3.05) is 18.6 Å². The van der Waals surface area contributed by atoms with Crippen LogP contribution in [0.3, 0.4) is 0 Å². The van der Waals surface area contributed by atoms with E-state index in [1.165, 1.54) is 4.57 Å². The molecule has 35 heavy (non-hydrogen) atoms. The van der Waals surface area contributed by atoms with Crippen LogP contribution in [0, 0.1) is 0 Å². The molecule has 0 aliphatic rings. The molecule has 4 rings (SSSR count). The molecule has 0 aliphatic carbocycles. The molecule has 2 amide bonds. The van der Waals surface area contributed by atoms with E-state index in [4.69, 9.17) is 4.74 Å². The zero-order valence-electron chi connectivity index (χ0n) is 19.4. The van der Waals surface area contributed by atoms with Crippen molar-refractivity contribution in [3.05, 3.63) is 101 Å². The molecule has 0 saturated heterocycles. The molecule has 0 aliphatic heterocycles. The number of benzene rings is 3. The predicted octanol–water partition coefficient (Wildman–Crippen LogP) is 2.41. The number of rotatable bonds is 7. The summed E-state index contributed by atoms with van der Waals surface area (Å²) in [7, 11) is 3.20. The topological polar surface area (TPSA) is 106 Å². The number of carbonyl (C=O) groups is 2.